The summed E-state index contributed by atoms with van der Waals surface area (Å²) < 4.78 is 6.07. The number of ether oxygens (including phenoxy) is 1. The van der Waals surface area contributed by atoms with Crippen molar-refractivity contribution in [2.24, 2.45) is 5.92 Å². The number of anilines is 1. The van der Waals surface area contributed by atoms with Crippen molar-refractivity contribution in [2.75, 3.05) is 16.8 Å². The summed E-state index contributed by atoms with van der Waals surface area (Å²) in [6.45, 7) is 0. The molecule has 3 atom stereocenters. The van der Waals surface area contributed by atoms with Gasteiger partial charge in [0.15, 0.2) is 0 Å². The van der Waals surface area contributed by atoms with Gasteiger partial charge in [0, 0.05) is 17.4 Å². The van der Waals surface area contributed by atoms with Gasteiger partial charge in [-0.25, -0.2) is 4.79 Å². The van der Waals surface area contributed by atoms with Crippen LogP contribution in [-0.2, 0) is 0 Å². The first-order valence-corrected chi connectivity index (χ1v) is 11.0. The second kappa shape index (κ2) is 7.05. The van der Waals surface area contributed by atoms with Crippen LogP contribution in [0.25, 0.3) is 0 Å². The van der Waals surface area contributed by atoms with Crippen LogP contribution in [0.3, 0.4) is 0 Å². The van der Waals surface area contributed by atoms with Crippen molar-refractivity contribution in [1.29, 1.82) is 0 Å². The molecule has 0 bridgehead atoms. The van der Waals surface area contributed by atoms with Crippen LogP contribution >= 0.6 is 23.4 Å². The third-order valence-corrected chi connectivity index (χ3v) is 7.31. The molecule has 3 aliphatic rings. The summed E-state index contributed by atoms with van der Waals surface area (Å²) in [7, 11) is 0. The highest BCUT2D eigenvalue weighted by atomic mass is 35.5. The van der Waals surface area contributed by atoms with Crippen LogP contribution < -0.4 is 10.1 Å². The minimum Gasteiger partial charge on any atom is -0.489 e. The fourth-order valence-electron chi connectivity index (χ4n) is 4.36. The quantitative estimate of drug-likeness (QED) is 0.661. The van der Waals surface area contributed by atoms with E-state index in [1.165, 1.54) is 11.6 Å². The van der Waals surface area contributed by atoms with Crippen molar-refractivity contribution in [1.82, 2.24) is 0 Å². The van der Waals surface area contributed by atoms with Gasteiger partial charge in [0.2, 0.25) is 0 Å². The van der Waals surface area contributed by atoms with Gasteiger partial charge in [-0.2, -0.15) is 11.8 Å². The minimum absolute atomic E-state index is 0.0972. The molecule has 1 aliphatic carbocycles. The normalized spacial score (nSPS) is 25.4. The Morgan fingerprint density at radius 1 is 1.25 bits per heavy atom. The molecule has 1 fully saturated rings. The summed E-state index contributed by atoms with van der Waals surface area (Å²) in [5.74, 6) is 2.53. The number of aromatic carboxylic acids is 1. The smallest absolute Gasteiger partial charge is 0.335 e. The van der Waals surface area contributed by atoms with Crippen molar-refractivity contribution in [3.05, 3.63) is 70.3 Å². The predicted molar refractivity (Wildman–Crippen MR) is 113 cm³/mol. The summed E-state index contributed by atoms with van der Waals surface area (Å²) in [6.07, 6.45) is 5.63. The molecule has 0 spiro atoms. The Labute approximate surface area is 172 Å². The lowest BCUT2D eigenvalue weighted by Gasteiger charge is -2.38. The molecule has 2 aromatic carbocycles. The molecular formula is C22H20ClNO3S. The monoisotopic (exact) mass is 413 g/mol. The van der Waals surface area contributed by atoms with E-state index in [9.17, 15) is 9.90 Å². The maximum atomic E-state index is 11.5. The Kier molecular flexibility index (Phi) is 4.52. The van der Waals surface area contributed by atoms with Gasteiger partial charge < -0.3 is 15.2 Å². The topological polar surface area (TPSA) is 58.6 Å². The fourth-order valence-corrected chi connectivity index (χ4v) is 5.21. The first-order chi connectivity index (χ1) is 13.6. The first-order valence-electron chi connectivity index (χ1n) is 9.44. The van der Waals surface area contributed by atoms with Crippen molar-refractivity contribution in [3.63, 3.8) is 0 Å². The summed E-state index contributed by atoms with van der Waals surface area (Å²) >= 11 is 8.39. The molecule has 4 nitrogen and oxygen atoms in total. The summed E-state index contributed by atoms with van der Waals surface area (Å²) in [5, 5.41) is 13.5. The minimum atomic E-state index is -0.954. The van der Waals surface area contributed by atoms with Gasteiger partial charge in [-0.1, -0.05) is 35.9 Å². The number of carboxylic acid groups (broad SMARTS) is 1. The maximum Gasteiger partial charge on any atom is 0.335 e. The van der Waals surface area contributed by atoms with Gasteiger partial charge in [0.25, 0.3) is 0 Å². The number of carbonyl (C=O) groups is 1. The molecule has 2 heterocycles. The Balaban J connectivity index is 1.51. The molecule has 0 saturated carbocycles. The van der Waals surface area contributed by atoms with E-state index in [-0.39, 0.29) is 17.5 Å². The maximum absolute atomic E-state index is 11.5. The molecule has 0 amide bonds. The van der Waals surface area contributed by atoms with E-state index < -0.39 is 5.97 Å². The number of thioether (sulfide) groups is 1. The zero-order valence-corrected chi connectivity index (χ0v) is 16.7. The zero-order valence-electron chi connectivity index (χ0n) is 15.1. The lowest BCUT2D eigenvalue weighted by molar-refractivity contribution is 0.0696. The third kappa shape index (κ3) is 3.07. The number of fused-ring (bicyclic) bond motifs is 3. The molecule has 28 heavy (non-hydrogen) atoms. The SMILES string of the molecule is O=C(O)c1cc(Cl)c2c(c1)[C@@H]1C=CC[C@@H]1[C@H](c1cccc(OC3CSC3)c1)N2. The van der Waals surface area contributed by atoms with Crippen LogP contribution in [0.1, 0.15) is 39.9 Å². The van der Waals surface area contributed by atoms with Crippen molar-refractivity contribution in [3.8, 4) is 5.75 Å². The molecule has 0 aromatic heterocycles. The van der Waals surface area contributed by atoms with Gasteiger partial charge in [0.05, 0.1) is 22.3 Å². The van der Waals surface area contributed by atoms with E-state index in [0.29, 0.717) is 17.0 Å². The van der Waals surface area contributed by atoms with E-state index in [2.05, 4.69) is 29.6 Å². The molecule has 2 N–H and O–H groups in total. The molecule has 6 heteroatoms. The van der Waals surface area contributed by atoms with Gasteiger partial charge in [-0.15, -0.1) is 0 Å². The van der Waals surface area contributed by atoms with Crippen LogP contribution in [0.15, 0.2) is 48.6 Å². The second-order valence-corrected chi connectivity index (χ2v) is 9.03. The van der Waals surface area contributed by atoms with Crippen molar-refractivity contribution in [2.45, 2.75) is 24.5 Å². The summed E-state index contributed by atoms with van der Waals surface area (Å²) in [5.41, 5.74) is 3.22. The second-order valence-electron chi connectivity index (χ2n) is 7.55. The van der Waals surface area contributed by atoms with E-state index in [1.807, 2.05) is 23.9 Å². The number of benzene rings is 2. The molecule has 2 aliphatic heterocycles. The molecular weight excluding hydrogens is 394 g/mol. The molecule has 0 unspecified atom stereocenters. The van der Waals surface area contributed by atoms with Crippen molar-refractivity contribution < 1.29 is 14.6 Å². The lowest BCUT2D eigenvalue weighted by Crippen LogP contribution is -2.31. The van der Waals surface area contributed by atoms with E-state index in [0.717, 1.165) is 34.9 Å². The number of hydrogen-bond acceptors (Lipinski definition) is 4. The Morgan fingerprint density at radius 3 is 2.86 bits per heavy atom. The fraction of sp³-hybridized carbons (Fsp3) is 0.318. The third-order valence-electron chi connectivity index (χ3n) is 5.80. The lowest BCUT2D eigenvalue weighted by atomic mass is 9.76. The zero-order chi connectivity index (χ0) is 19.3. The van der Waals surface area contributed by atoms with Crippen LogP contribution in [0.4, 0.5) is 5.69 Å². The molecule has 144 valence electrons. The molecule has 5 rings (SSSR count). The highest BCUT2D eigenvalue weighted by molar-refractivity contribution is 8.00. The number of nitrogens with one attached hydrogen (secondary N) is 1. The molecule has 0 radical (unpaired) electrons. The summed E-state index contributed by atoms with van der Waals surface area (Å²) in [4.78, 5) is 11.5. The van der Waals surface area contributed by atoms with Crippen LogP contribution in [0, 0.1) is 5.92 Å². The number of hydrogen-bond donors (Lipinski definition) is 2. The van der Waals surface area contributed by atoms with E-state index in [1.54, 1.807) is 6.07 Å². The van der Waals surface area contributed by atoms with Crippen LogP contribution in [-0.4, -0.2) is 28.7 Å². The van der Waals surface area contributed by atoms with Crippen molar-refractivity contribution >= 4 is 35.0 Å². The average Bonchev–Trinajstić information content (AvgIpc) is 3.14. The number of allylic oxidation sites excluding steroid dienone is 2. The van der Waals surface area contributed by atoms with Gasteiger partial charge >= 0.3 is 5.97 Å². The Morgan fingerprint density at radius 2 is 2.11 bits per heavy atom. The molecule has 1 saturated heterocycles. The standard InChI is InChI=1S/C22H20ClNO3S/c23-19-9-13(22(25)26)8-18-16-5-2-6-17(16)20(24-21(18)19)12-3-1-4-14(7-12)27-15-10-28-11-15/h1-5,7-9,15-17,20,24H,6,10-11H2,(H,25,26)/t16-,17+,20+/m1/s1. The Bertz CT molecular complexity index is 972. The van der Waals surface area contributed by atoms with Crippen LogP contribution in [0.5, 0.6) is 5.75 Å². The predicted octanol–water partition coefficient (Wildman–Crippen LogP) is 5.36. The van der Waals surface area contributed by atoms with E-state index >= 15 is 0 Å². The van der Waals surface area contributed by atoms with Gasteiger partial charge in [0.1, 0.15) is 11.9 Å². The molecule has 2 aromatic rings. The number of carboxylic acids is 1. The van der Waals surface area contributed by atoms with Crippen LogP contribution in [0.2, 0.25) is 5.02 Å². The Hall–Kier alpha value is -2.11. The highest BCUT2D eigenvalue weighted by Gasteiger charge is 2.39. The average molecular weight is 414 g/mol. The first kappa shape index (κ1) is 18.0. The van der Waals surface area contributed by atoms with Gasteiger partial charge in [-0.3, -0.25) is 0 Å². The van der Waals surface area contributed by atoms with Gasteiger partial charge in [-0.05, 0) is 47.7 Å². The van der Waals surface area contributed by atoms with E-state index in [4.69, 9.17) is 16.3 Å². The number of halogens is 1. The number of rotatable bonds is 4. The largest absolute Gasteiger partial charge is 0.489 e. The summed E-state index contributed by atoms with van der Waals surface area (Å²) in [6, 6.07) is 11.7. The highest BCUT2D eigenvalue weighted by Crippen LogP contribution is 2.52.